The minimum absolute atomic E-state index is 0.0952. The summed E-state index contributed by atoms with van der Waals surface area (Å²) in [5, 5.41) is 2.56. The van der Waals surface area contributed by atoms with E-state index >= 15 is 0 Å². The van der Waals surface area contributed by atoms with E-state index in [1.807, 2.05) is 0 Å². The quantitative estimate of drug-likeness (QED) is 0.633. The highest BCUT2D eigenvalue weighted by Gasteiger charge is 2.18. The molecule has 2 aromatic carbocycles. The number of methoxy groups -OCH3 is 3. The van der Waals surface area contributed by atoms with Gasteiger partial charge in [-0.15, -0.1) is 0 Å². The van der Waals surface area contributed by atoms with Crippen LogP contribution in [0.2, 0.25) is 0 Å². The number of carbonyl (C=O) groups excluding carboxylic acids is 2. The van der Waals surface area contributed by atoms with Crippen LogP contribution >= 0.6 is 0 Å². The molecule has 0 atom stereocenters. The van der Waals surface area contributed by atoms with Crippen molar-refractivity contribution in [3.05, 3.63) is 59.4 Å². The van der Waals surface area contributed by atoms with Crippen LogP contribution in [0.3, 0.4) is 0 Å². The van der Waals surface area contributed by atoms with Crippen LogP contribution in [-0.4, -0.2) is 33.2 Å². The first-order chi connectivity index (χ1) is 12.5. The van der Waals surface area contributed by atoms with Crippen LogP contribution in [0.5, 0.6) is 11.5 Å². The Hall–Kier alpha value is -3.35. The Morgan fingerprint density at radius 3 is 2.31 bits per heavy atom. The highest BCUT2D eigenvalue weighted by atomic mass is 19.1. The molecule has 0 spiro atoms. The minimum atomic E-state index is -0.653. The van der Waals surface area contributed by atoms with Crippen LogP contribution in [0, 0.1) is 5.82 Å². The molecule has 0 saturated carbocycles. The summed E-state index contributed by atoms with van der Waals surface area (Å²) < 4.78 is 28.6. The standard InChI is InChI=1S/C19H18FNO5/c1-24-16-10-13(19(23)26-3)15(11-17(16)25-2)21-18(22)9-8-12-6-4-5-7-14(12)20/h4-11H,1-3H3,(H,21,22)/b9-8+. The number of hydrogen-bond donors (Lipinski definition) is 1. The van der Waals surface area contributed by atoms with Crippen molar-refractivity contribution in [2.75, 3.05) is 26.6 Å². The Morgan fingerprint density at radius 1 is 1.04 bits per heavy atom. The molecular weight excluding hydrogens is 341 g/mol. The van der Waals surface area contributed by atoms with Crippen molar-refractivity contribution >= 4 is 23.6 Å². The van der Waals surface area contributed by atoms with Gasteiger partial charge >= 0.3 is 5.97 Å². The lowest BCUT2D eigenvalue weighted by molar-refractivity contribution is -0.111. The molecule has 0 heterocycles. The van der Waals surface area contributed by atoms with Crippen molar-refractivity contribution in [3.63, 3.8) is 0 Å². The maximum absolute atomic E-state index is 13.6. The molecule has 0 bridgehead atoms. The zero-order valence-corrected chi connectivity index (χ0v) is 14.5. The first-order valence-corrected chi connectivity index (χ1v) is 7.58. The molecule has 0 aliphatic carbocycles. The second-order valence-corrected chi connectivity index (χ2v) is 5.09. The minimum Gasteiger partial charge on any atom is -0.493 e. The maximum Gasteiger partial charge on any atom is 0.340 e. The van der Waals surface area contributed by atoms with Crippen LogP contribution in [0.15, 0.2) is 42.5 Å². The lowest BCUT2D eigenvalue weighted by Gasteiger charge is -2.14. The van der Waals surface area contributed by atoms with Crippen molar-refractivity contribution in [1.82, 2.24) is 0 Å². The van der Waals surface area contributed by atoms with Crippen molar-refractivity contribution in [3.8, 4) is 11.5 Å². The number of rotatable bonds is 6. The van der Waals surface area contributed by atoms with Crippen LogP contribution in [0.4, 0.5) is 10.1 Å². The molecule has 0 aliphatic rings. The molecular formula is C19H18FNO5. The fraction of sp³-hybridized carbons (Fsp3) is 0.158. The third kappa shape index (κ3) is 4.38. The fourth-order valence-corrected chi connectivity index (χ4v) is 2.21. The predicted octanol–water partition coefficient (Wildman–Crippen LogP) is 3.28. The molecule has 7 heteroatoms. The van der Waals surface area contributed by atoms with Gasteiger partial charge < -0.3 is 19.5 Å². The van der Waals surface area contributed by atoms with E-state index in [0.29, 0.717) is 11.5 Å². The molecule has 2 rings (SSSR count). The van der Waals surface area contributed by atoms with Crippen molar-refractivity contribution in [1.29, 1.82) is 0 Å². The number of hydrogen-bond acceptors (Lipinski definition) is 5. The lowest BCUT2D eigenvalue weighted by Crippen LogP contribution is -2.13. The van der Waals surface area contributed by atoms with Gasteiger partial charge in [0.05, 0.1) is 32.6 Å². The van der Waals surface area contributed by atoms with Gasteiger partial charge in [0.15, 0.2) is 11.5 Å². The van der Waals surface area contributed by atoms with E-state index in [4.69, 9.17) is 14.2 Å². The summed E-state index contributed by atoms with van der Waals surface area (Å²) in [6.45, 7) is 0. The SMILES string of the molecule is COC(=O)c1cc(OC)c(OC)cc1NC(=O)/C=C/c1ccccc1F. The molecule has 26 heavy (non-hydrogen) atoms. The molecule has 1 amide bonds. The van der Waals surface area contributed by atoms with Gasteiger partial charge in [0.2, 0.25) is 5.91 Å². The van der Waals surface area contributed by atoms with Gasteiger partial charge in [-0.05, 0) is 12.1 Å². The summed E-state index contributed by atoms with van der Waals surface area (Å²) in [4.78, 5) is 24.1. The fourth-order valence-electron chi connectivity index (χ4n) is 2.21. The monoisotopic (exact) mass is 359 g/mol. The van der Waals surface area contributed by atoms with Gasteiger partial charge in [0.25, 0.3) is 0 Å². The average molecular weight is 359 g/mol. The summed E-state index contributed by atoms with van der Waals surface area (Å²) in [7, 11) is 4.08. The molecule has 1 N–H and O–H groups in total. The van der Waals surface area contributed by atoms with Gasteiger partial charge in [-0.3, -0.25) is 4.79 Å². The Kier molecular flexibility index (Phi) is 6.32. The number of halogens is 1. The summed E-state index contributed by atoms with van der Waals surface area (Å²) in [6, 6.07) is 8.89. The summed E-state index contributed by atoms with van der Waals surface area (Å²) in [5.74, 6) is -1.01. The second-order valence-electron chi connectivity index (χ2n) is 5.09. The molecule has 6 nitrogen and oxygen atoms in total. The first kappa shape index (κ1) is 19.0. The highest BCUT2D eigenvalue weighted by Crippen LogP contribution is 2.33. The van der Waals surface area contributed by atoms with Crippen LogP contribution in [0.1, 0.15) is 15.9 Å². The number of anilines is 1. The van der Waals surface area contributed by atoms with E-state index in [1.54, 1.807) is 12.1 Å². The molecule has 136 valence electrons. The predicted molar refractivity (Wildman–Crippen MR) is 94.9 cm³/mol. The van der Waals surface area contributed by atoms with Gasteiger partial charge in [0, 0.05) is 23.8 Å². The van der Waals surface area contributed by atoms with Crippen molar-refractivity contribution < 1.29 is 28.2 Å². The maximum atomic E-state index is 13.6. The van der Waals surface area contributed by atoms with E-state index in [2.05, 4.69) is 5.32 Å². The Labute approximate surface area is 150 Å². The largest absolute Gasteiger partial charge is 0.493 e. The number of amides is 1. The van der Waals surface area contributed by atoms with Crippen LogP contribution < -0.4 is 14.8 Å². The lowest BCUT2D eigenvalue weighted by atomic mass is 10.1. The summed E-state index contributed by atoms with van der Waals surface area (Å²) in [6.07, 6.45) is 2.50. The molecule has 0 radical (unpaired) electrons. The number of carbonyl (C=O) groups is 2. The zero-order chi connectivity index (χ0) is 19.1. The zero-order valence-electron chi connectivity index (χ0n) is 14.5. The number of benzene rings is 2. The first-order valence-electron chi connectivity index (χ1n) is 7.58. The molecule has 2 aromatic rings. The molecule has 0 aliphatic heterocycles. The Morgan fingerprint density at radius 2 is 1.69 bits per heavy atom. The van der Waals surface area contributed by atoms with Crippen LogP contribution in [0.25, 0.3) is 6.08 Å². The van der Waals surface area contributed by atoms with E-state index in [0.717, 1.165) is 6.08 Å². The molecule has 0 aromatic heterocycles. The van der Waals surface area contributed by atoms with E-state index < -0.39 is 17.7 Å². The van der Waals surface area contributed by atoms with Gasteiger partial charge in [-0.2, -0.15) is 0 Å². The molecule has 0 saturated heterocycles. The van der Waals surface area contributed by atoms with E-state index in [-0.39, 0.29) is 16.8 Å². The molecule has 0 unspecified atom stereocenters. The highest BCUT2D eigenvalue weighted by molar-refractivity contribution is 6.07. The third-order valence-corrected chi connectivity index (χ3v) is 3.51. The Balaban J connectivity index is 2.30. The Bertz CT molecular complexity index is 848. The van der Waals surface area contributed by atoms with Crippen molar-refractivity contribution in [2.24, 2.45) is 0 Å². The number of nitrogens with one attached hydrogen (secondary N) is 1. The topological polar surface area (TPSA) is 73.9 Å². The van der Waals surface area contributed by atoms with Gasteiger partial charge in [-0.25, -0.2) is 9.18 Å². The van der Waals surface area contributed by atoms with Crippen molar-refractivity contribution in [2.45, 2.75) is 0 Å². The summed E-state index contributed by atoms with van der Waals surface area (Å²) >= 11 is 0. The normalized spacial score (nSPS) is 10.5. The number of esters is 1. The van der Waals surface area contributed by atoms with Gasteiger partial charge in [0.1, 0.15) is 5.82 Å². The number of ether oxygens (including phenoxy) is 3. The third-order valence-electron chi connectivity index (χ3n) is 3.51. The summed E-state index contributed by atoms with van der Waals surface area (Å²) in [5.41, 5.74) is 0.540. The van der Waals surface area contributed by atoms with Crippen LogP contribution in [-0.2, 0) is 9.53 Å². The van der Waals surface area contributed by atoms with E-state index in [9.17, 15) is 14.0 Å². The second kappa shape index (κ2) is 8.66. The average Bonchev–Trinajstić information content (AvgIpc) is 2.66. The molecule has 0 fully saturated rings. The van der Waals surface area contributed by atoms with Gasteiger partial charge in [-0.1, -0.05) is 18.2 Å². The smallest absolute Gasteiger partial charge is 0.340 e. The van der Waals surface area contributed by atoms with E-state index in [1.165, 1.54) is 51.7 Å².